The molecule has 1 heterocycles. The Morgan fingerprint density at radius 3 is 2.67 bits per heavy atom. The molecule has 0 aliphatic heterocycles. The molecule has 104 valence electrons. The number of carboxylic acids is 1. The minimum absolute atomic E-state index is 0.245. The van der Waals surface area contributed by atoms with Crippen LogP contribution >= 0.6 is 0 Å². The van der Waals surface area contributed by atoms with E-state index in [-0.39, 0.29) is 5.56 Å². The van der Waals surface area contributed by atoms with Crippen molar-refractivity contribution >= 4 is 16.7 Å². The molecule has 0 saturated heterocycles. The van der Waals surface area contributed by atoms with Crippen LogP contribution in [0.1, 0.15) is 34.9 Å². The van der Waals surface area contributed by atoms with Gasteiger partial charge in [0.1, 0.15) is 0 Å². The van der Waals surface area contributed by atoms with Gasteiger partial charge in [0.15, 0.2) is 5.82 Å². The van der Waals surface area contributed by atoms with E-state index in [1.165, 1.54) is 0 Å². The highest BCUT2D eigenvalue weighted by atomic mass is 16.5. The van der Waals surface area contributed by atoms with Crippen molar-refractivity contribution in [2.24, 2.45) is 0 Å². The van der Waals surface area contributed by atoms with E-state index in [4.69, 9.17) is 4.52 Å². The minimum Gasteiger partial charge on any atom is -0.478 e. The Morgan fingerprint density at radius 1 is 1.19 bits per heavy atom. The van der Waals surface area contributed by atoms with Gasteiger partial charge in [-0.25, -0.2) is 4.79 Å². The summed E-state index contributed by atoms with van der Waals surface area (Å²) in [5, 5.41) is 14.9. The fourth-order valence-corrected chi connectivity index (χ4v) is 2.55. The normalized spacial score (nSPS) is 14.5. The molecule has 0 spiro atoms. The Bertz CT molecular complexity index is 844. The molecule has 1 N–H and O–H groups in total. The number of nitrogens with zero attached hydrogens (tertiary/aromatic N) is 2. The lowest BCUT2D eigenvalue weighted by Crippen LogP contribution is -1.98. The van der Waals surface area contributed by atoms with Crippen molar-refractivity contribution in [2.45, 2.75) is 18.8 Å². The van der Waals surface area contributed by atoms with E-state index in [9.17, 15) is 9.90 Å². The second kappa shape index (κ2) is 4.41. The highest BCUT2D eigenvalue weighted by Crippen LogP contribution is 2.39. The van der Waals surface area contributed by atoms with Crippen LogP contribution < -0.4 is 0 Å². The van der Waals surface area contributed by atoms with E-state index < -0.39 is 5.97 Å². The summed E-state index contributed by atoms with van der Waals surface area (Å²) in [7, 11) is 0. The first kappa shape index (κ1) is 12.1. The number of carboxylic acid groups (broad SMARTS) is 1. The third-order valence-corrected chi connectivity index (χ3v) is 3.75. The maximum atomic E-state index is 11.5. The molecule has 1 aromatic heterocycles. The standard InChI is InChI=1S/C16H12N2O3/c19-16(20)12-6-2-4-9-3-1-5-11(13(9)12)15-17-14(18-21-15)10-7-8-10/h1-6,10H,7-8H2,(H,19,20). The Morgan fingerprint density at radius 2 is 1.95 bits per heavy atom. The van der Waals surface area contributed by atoms with Gasteiger partial charge < -0.3 is 9.63 Å². The van der Waals surface area contributed by atoms with Crippen LogP contribution in [0.25, 0.3) is 22.2 Å². The number of fused-ring (bicyclic) bond motifs is 1. The van der Waals surface area contributed by atoms with E-state index in [0.717, 1.165) is 24.1 Å². The molecule has 4 rings (SSSR count). The fourth-order valence-electron chi connectivity index (χ4n) is 2.55. The smallest absolute Gasteiger partial charge is 0.336 e. The molecule has 3 aromatic rings. The van der Waals surface area contributed by atoms with Crippen LogP contribution in [-0.2, 0) is 0 Å². The lowest BCUT2D eigenvalue weighted by Gasteiger charge is -2.06. The topological polar surface area (TPSA) is 76.2 Å². The van der Waals surface area contributed by atoms with E-state index in [1.54, 1.807) is 12.1 Å². The highest BCUT2D eigenvalue weighted by Gasteiger charge is 2.29. The Kier molecular flexibility index (Phi) is 2.54. The number of aromatic carboxylic acids is 1. The monoisotopic (exact) mass is 280 g/mol. The van der Waals surface area contributed by atoms with Gasteiger partial charge in [0, 0.05) is 16.9 Å². The zero-order valence-electron chi connectivity index (χ0n) is 11.1. The van der Waals surface area contributed by atoms with Crippen molar-refractivity contribution in [3.05, 3.63) is 47.8 Å². The average molecular weight is 280 g/mol. The summed E-state index contributed by atoms with van der Waals surface area (Å²) >= 11 is 0. The largest absolute Gasteiger partial charge is 0.478 e. The Hall–Kier alpha value is -2.69. The van der Waals surface area contributed by atoms with Gasteiger partial charge in [-0.2, -0.15) is 4.98 Å². The van der Waals surface area contributed by atoms with E-state index in [0.29, 0.717) is 22.8 Å². The van der Waals surface area contributed by atoms with Gasteiger partial charge in [-0.05, 0) is 30.4 Å². The lowest BCUT2D eigenvalue weighted by atomic mass is 9.99. The molecule has 5 nitrogen and oxygen atoms in total. The molecule has 2 aromatic carbocycles. The first-order valence-corrected chi connectivity index (χ1v) is 6.83. The summed E-state index contributed by atoms with van der Waals surface area (Å²) in [5.74, 6) is 0.539. The van der Waals surface area contributed by atoms with Crippen LogP contribution in [0.3, 0.4) is 0 Å². The van der Waals surface area contributed by atoms with Gasteiger partial charge in [0.2, 0.25) is 0 Å². The van der Waals surface area contributed by atoms with Gasteiger partial charge in [0.05, 0.1) is 5.56 Å². The number of hydrogen-bond donors (Lipinski definition) is 1. The zero-order chi connectivity index (χ0) is 14.4. The lowest BCUT2D eigenvalue weighted by molar-refractivity contribution is 0.0699. The summed E-state index contributed by atoms with van der Waals surface area (Å²) < 4.78 is 5.34. The Labute approximate surface area is 120 Å². The zero-order valence-corrected chi connectivity index (χ0v) is 11.1. The van der Waals surface area contributed by atoms with Crippen LogP contribution in [0, 0.1) is 0 Å². The molecule has 0 radical (unpaired) electrons. The van der Waals surface area contributed by atoms with Crippen molar-refractivity contribution in [2.75, 3.05) is 0 Å². The van der Waals surface area contributed by atoms with Crippen molar-refractivity contribution in [3.63, 3.8) is 0 Å². The second-order valence-corrected chi connectivity index (χ2v) is 5.25. The first-order valence-electron chi connectivity index (χ1n) is 6.83. The molecular weight excluding hydrogens is 268 g/mol. The summed E-state index contributed by atoms with van der Waals surface area (Å²) in [6.07, 6.45) is 2.18. The number of rotatable bonds is 3. The van der Waals surface area contributed by atoms with Crippen molar-refractivity contribution in [1.29, 1.82) is 0 Å². The predicted octanol–water partition coefficient (Wildman–Crippen LogP) is 3.47. The minimum atomic E-state index is -0.963. The molecule has 21 heavy (non-hydrogen) atoms. The van der Waals surface area contributed by atoms with Crippen molar-refractivity contribution < 1.29 is 14.4 Å². The van der Waals surface area contributed by atoms with Crippen molar-refractivity contribution in [3.8, 4) is 11.5 Å². The van der Waals surface area contributed by atoms with Crippen LogP contribution in [0.4, 0.5) is 0 Å². The quantitative estimate of drug-likeness (QED) is 0.795. The van der Waals surface area contributed by atoms with Gasteiger partial charge in [-0.1, -0.05) is 29.4 Å². The van der Waals surface area contributed by atoms with Crippen LogP contribution in [0.2, 0.25) is 0 Å². The molecule has 1 aliphatic rings. The third kappa shape index (κ3) is 1.98. The summed E-state index contributed by atoms with van der Waals surface area (Å²) in [5.41, 5.74) is 0.916. The maximum absolute atomic E-state index is 11.5. The number of benzene rings is 2. The summed E-state index contributed by atoms with van der Waals surface area (Å²) in [6.45, 7) is 0. The van der Waals surface area contributed by atoms with Gasteiger partial charge in [-0.3, -0.25) is 0 Å². The molecule has 5 heteroatoms. The molecular formula is C16H12N2O3. The molecule has 0 atom stereocenters. The highest BCUT2D eigenvalue weighted by molar-refractivity contribution is 6.09. The van der Waals surface area contributed by atoms with Crippen LogP contribution in [0.5, 0.6) is 0 Å². The van der Waals surface area contributed by atoms with Gasteiger partial charge >= 0.3 is 5.97 Å². The number of aromatic nitrogens is 2. The molecule has 0 bridgehead atoms. The first-order chi connectivity index (χ1) is 10.2. The fraction of sp³-hybridized carbons (Fsp3) is 0.188. The van der Waals surface area contributed by atoms with Gasteiger partial charge in [0.25, 0.3) is 5.89 Å². The molecule has 1 aliphatic carbocycles. The SMILES string of the molecule is O=C(O)c1cccc2cccc(-c3nc(C4CC4)no3)c12. The van der Waals surface area contributed by atoms with E-state index in [1.807, 2.05) is 24.3 Å². The van der Waals surface area contributed by atoms with Crippen LogP contribution in [-0.4, -0.2) is 21.2 Å². The maximum Gasteiger partial charge on any atom is 0.336 e. The Balaban J connectivity index is 1.96. The average Bonchev–Trinajstić information content (AvgIpc) is 3.23. The number of hydrogen-bond acceptors (Lipinski definition) is 4. The molecule has 0 amide bonds. The second-order valence-electron chi connectivity index (χ2n) is 5.25. The summed E-state index contributed by atoms with van der Waals surface area (Å²) in [4.78, 5) is 15.9. The molecule has 0 unspecified atom stereocenters. The molecule has 1 saturated carbocycles. The van der Waals surface area contributed by atoms with Crippen molar-refractivity contribution in [1.82, 2.24) is 10.1 Å². The third-order valence-electron chi connectivity index (χ3n) is 3.75. The van der Waals surface area contributed by atoms with Crippen LogP contribution in [0.15, 0.2) is 40.9 Å². The van der Waals surface area contributed by atoms with Gasteiger partial charge in [-0.15, -0.1) is 0 Å². The van der Waals surface area contributed by atoms with E-state index in [2.05, 4.69) is 10.1 Å². The molecule has 1 fully saturated rings. The summed E-state index contributed by atoms with van der Waals surface area (Å²) in [6, 6.07) is 10.8. The predicted molar refractivity (Wildman–Crippen MR) is 76.2 cm³/mol. The number of carbonyl (C=O) groups is 1. The van der Waals surface area contributed by atoms with E-state index >= 15 is 0 Å².